The standard InChI is InChI=1S/C8H7NO3/c1-2-5-3-9-4-6(7(5)10)8(11)12/h2-4H,1H2,(H,9,10)(H,11,12). The molecule has 0 saturated carbocycles. The maximum atomic E-state index is 11.2. The second kappa shape index (κ2) is 3.04. The number of H-pyrrole nitrogens is 1. The van der Waals surface area contributed by atoms with Crippen molar-refractivity contribution in [3.63, 3.8) is 0 Å². The zero-order valence-corrected chi connectivity index (χ0v) is 6.20. The molecule has 0 atom stereocenters. The summed E-state index contributed by atoms with van der Waals surface area (Å²) in [5.41, 5.74) is -0.529. The molecule has 0 bridgehead atoms. The third-order valence-corrected chi connectivity index (χ3v) is 1.42. The highest BCUT2D eigenvalue weighted by atomic mass is 16.4. The zero-order valence-electron chi connectivity index (χ0n) is 6.20. The highest BCUT2D eigenvalue weighted by molar-refractivity contribution is 5.87. The summed E-state index contributed by atoms with van der Waals surface area (Å²) in [5, 5.41) is 8.53. The molecule has 0 saturated heterocycles. The molecular weight excluding hydrogens is 158 g/mol. The number of aromatic amines is 1. The van der Waals surface area contributed by atoms with Gasteiger partial charge >= 0.3 is 5.97 Å². The van der Waals surface area contributed by atoms with E-state index in [0.29, 0.717) is 0 Å². The van der Waals surface area contributed by atoms with E-state index in [4.69, 9.17) is 5.11 Å². The first-order chi connectivity index (χ1) is 5.66. The molecule has 0 fully saturated rings. The molecule has 0 spiro atoms. The first-order valence-corrected chi connectivity index (χ1v) is 3.23. The van der Waals surface area contributed by atoms with Crippen LogP contribution in [0.2, 0.25) is 0 Å². The fourth-order valence-electron chi connectivity index (χ4n) is 0.812. The summed E-state index contributed by atoms with van der Waals surface area (Å²) in [5.74, 6) is -1.24. The van der Waals surface area contributed by atoms with Crippen LogP contribution in [0.5, 0.6) is 0 Å². The van der Waals surface area contributed by atoms with Gasteiger partial charge in [0.1, 0.15) is 5.56 Å². The molecule has 0 radical (unpaired) electrons. The Kier molecular flexibility index (Phi) is 2.09. The molecule has 4 heteroatoms. The molecule has 62 valence electrons. The van der Waals surface area contributed by atoms with Gasteiger partial charge < -0.3 is 10.1 Å². The number of carbonyl (C=O) groups is 1. The summed E-state index contributed by atoms with van der Waals surface area (Å²) in [6.45, 7) is 3.38. The minimum atomic E-state index is -1.24. The Labute approximate surface area is 68.2 Å². The van der Waals surface area contributed by atoms with E-state index < -0.39 is 11.4 Å². The highest BCUT2D eigenvalue weighted by Gasteiger charge is 2.08. The fraction of sp³-hybridized carbons (Fsp3) is 0. The average Bonchev–Trinajstić information content (AvgIpc) is 2.04. The van der Waals surface area contributed by atoms with Crippen molar-refractivity contribution in [2.24, 2.45) is 0 Å². The van der Waals surface area contributed by atoms with Gasteiger partial charge in [0.05, 0.1) is 0 Å². The van der Waals surface area contributed by atoms with E-state index in [-0.39, 0.29) is 11.1 Å². The van der Waals surface area contributed by atoms with Gasteiger partial charge in [0, 0.05) is 18.0 Å². The lowest BCUT2D eigenvalue weighted by Crippen LogP contribution is -2.16. The minimum absolute atomic E-state index is 0.259. The van der Waals surface area contributed by atoms with E-state index in [1.165, 1.54) is 12.3 Å². The van der Waals surface area contributed by atoms with E-state index in [0.717, 1.165) is 6.20 Å². The molecule has 1 heterocycles. The summed E-state index contributed by atoms with van der Waals surface area (Å²) in [7, 11) is 0. The van der Waals surface area contributed by atoms with Crippen LogP contribution in [0.3, 0.4) is 0 Å². The molecule has 1 aromatic rings. The van der Waals surface area contributed by atoms with Gasteiger partial charge in [0.25, 0.3) is 0 Å². The number of carboxylic acids is 1. The van der Waals surface area contributed by atoms with Crippen LogP contribution in [-0.4, -0.2) is 16.1 Å². The van der Waals surface area contributed by atoms with Crippen LogP contribution in [0, 0.1) is 0 Å². The van der Waals surface area contributed by atoms with E-state index >= 15 is 0 Å². The first kappa shape index (κ1) is 8.26. The maximum absolute atomic E-state index is 11.2. The number of carboxylic acid groups (broad SMARTS) is 1. The van der Waals surface area contributed by atoms with Gasteiger partial charge in [-0.3, -0.25) is 4.79 Å². The van der Waals surface area contributed by atoms with Crippen molar-refractivity contribution in [3.8, 4) is 0 Å². The van der Waals surface area contributed by atoms with Gasteiger partial charge in [0.15, 0.2) is 0 Å². The Hall–Kier alpha value is -1.84. The summed E-state index contributed by atoms with van der Waals surface area (Å²) < 4.78 is 0. The number of hydrogen-bond acceptors (Lipinski definition) is 2. The van der Waals surface area contributed by atoms with Gasteiger partial charge in [-0.25, -0.2) is 4.79 Å². The lowest BCUT2D eigenvalue weighted by molar-refractivity contribution is 0.0695. The number of nitrogens with one attached hydrogen (secondary N) is 1. The van der Waals surface area contributed by atoms with Crippen LogP contribution in [0.4, 0.5) is 0 Å². The Morgan fingerprint density at radius 3 is 2.75 bits per heavy atom. The predicted molar refractivity (Wildman–Crippen MR) is 44.1 cm³/mol. The highest BCUT2D eigenvalue weighted by Crippen LogP contribution is 1.94. The molecule has 4 nitrogen and oxygen atoms in total. The van der Waals surface area contributed by atoms with E-state index in [9.17, 15) is 9.59 Å². The van der Waals surface area contributed by atoms with Gasteiger partial charge in [0.2, 0.25) is 5.43 Å². The molecule has 0 aliphatic rings. The van der Waals surface area contributed by atoms with Gasteiger partial charge in [-0.2, -0.15) is 0 Å². The van der Waals surface area contributed by atoms with Crippen molar-refractivity contribution in [2.75, 3.05) is 0 Å². The maximum Gasteiger partial charge on any atom is 0.341 e. The average molecular weight is 165 g/mol. The Morgan fingerprint density at radius 2 is 2.25 bits per heavy atom. The summed E-state index contributed by atoms with van der Waals surface area (Å²) in [6, 6.07) is 0. The lowest BCUT2D eigenvalue weighted by Gasteiger charge is -1.94. The molecule has 0 aliphatic carbocycles. The molecule has 0 aromatic carbocycles. The molecule has 0 unspecified atom stereocenters. The Balaban J connectivity index is 3.43. The number of aromatic carboxylic acids is 1. The summed E-state index contributed by atoms with van der Waals surface area (Å²) >= 11 is 0. The van der Waals surface area contributed by atoms with E-state index in [1.807, 2.05) is 0 Å². The topological polar surface area (TPSA) is 70.2 Å². The van der Waals surface area contributed by atoms with Crippen LogP contribution in [-0.2, 0) is 0 Å². The van der Waals surface area contributed by atoms with Crippen LogP contribution in [0.15, 0.2) is 23.8 Å². The van der Waals surface area contributed by atoms with Gasteiger partial charge in [-0.05, 0) is 0 Å². The molecular formula is C8H7NO3. The van der Waals surface area contributed by atoms with Gasteiger partial charge in [-0.1, -0.05) is 12.7 Å². The van der Waals surface area contributed by atoms with Crippen molar-refractivity contribution in [3.05, 3.63) is 40.3 Å². The molecule has 0 amide bonds. The van der Waals surface area contributed by atoms with Crippen molar-refractivity contribution in [2.45, 2.75) is 0 Å². The van der Waals surface area contributed by atoms with E-state index in [2.05, 4.69) is 11.6 Å². The monoisotopic (exact) mass is 165 g/mol. The fourth-order valence-corrected chi connectivity index (χ4v) is 0.812. The van der Waals surface area contributed by atoms with Crippen molar-refractivity contribution in [1.82, 2.24) is 4.98 Å². The quantitative estimate of drug-likeness (QED) is 0.678. The number of hydrogen-bond donors (Lipinski definition) is 2. The summed E-state index contributed by atoms with van der Waals surface area (Å²) in [6.07, 6.45) is 3.87. The van der Waals surface area contributed by atoms with Crippen LogP contribution >= 0.6 is 0 Å². The molecule has 0 aliphatic heterocycles. The molecule has 12 heavy (non-hydrogen) atoms. The molecule has 1 aromatic heterocycles. The zero-order chi connectivity index (χ0) is 9.14. The SMILES string of the molecule is C=Cc1c[nH]cc(C(=O)O)c1=O. The van der Waals surface area contributed by atoms with E-state index in [1.54, 1.807) is 0 Å². The van der Waals surface area contributed by atoms with Gasteiger partial charge in [-0.15, -0.1) is 0 Å². The molecule has 1 rings (SSSR count). The minimum Gasteiger partial charge on any atom is -0.477 e. The Bertz CT molecular complexity index is 378. The lowest BCUT2D eigenvalue weighted by atomic mass is 10.2. The van der Waals surface area contributed by atoms with Crippen LogP contribution in [0.1, 0.15) is 15.9 Å². The van der Waals surface area contributed by atoms with Crippen LogP contribution in [0.25, 0.3) is 6.08 Å². The normalized spacial score (nSPS) is 9.33. The number of aromatic nitrogens is 1. The van der Waals surface area contributed by atoms with Crippen molar-refractivity contribution in [1.29, 1.82) is 0 Å². The number of pyridine rings is 1. The van der Waals surface area contributed by atoms with Crippen molar-refractivity contribution < 1.29 is 9.90 Å². The first-order valence-electron chi connectivity index (χ1n) is 3.23. The third kappa shape index (κ3) is 1.27. The largest absolute Gasteiger partial charge is 0.477 e. The Morgan fingerprint density at radius 1 is 1.58 bits per heavy atom. The second-order valence-corrected chi connectivity index (χ2v) is 2.16. The van der Waals surface area contributed by atoms with Crippen LogP contribution < -0.4 is 5.43 Å². The third-order valence-electron chi connectivity index (χ3n) is 1.42. The molecule has 2 N–H and O–H groups in total. The van der Waals surface area contributed by atoms with Crippen molar-refractivity contribution >= 4 is 12.0 Å². The second-order valence-electron chi connectivity index (χ2n) is 2.16. The number of rotatable bonds is 2. The predicted octanol–water partition coefficient (Wildman–Crippen LogP) is 0.716. The summed E-state index contributed by atoms with van der Waals surface area (Å²) in [4.78, 5) is 24.2. The smallest absolute Gasteiger partial charge is 0.341 e.